The van der Waals surface area contributed by atoms with E-state index in [1.165, 1.54) is 5.56 Å². The van der Waals surface area contributed by atoms with Gasteiger partial charge >= 0.3 is 122 Å². The molecular weight excluding hydrogens is 279 g/mol. The minimum atomic E-state index is -0.248. The summed E-state index contributed by atoms with van der Waals surface area (Å²) in [6.07, 6.45) is 0. The van der Waals surface area contributed by atoms with Gasteiger partial charge in [0.15, 0.2) is 0 Å². The Kier molecular flexibility index (Phi) is 3.92. The Morgan fingerprint density at radius 1 is 1.11 bits per heavy atom. The van der Waals surface area contributed by atoms with Gasteiger partial charge in [0, 0.05) is 0 Å². The van der Waals surface area contributed by atoms with Crippen molar-refractivity contribution in [3.05, 3.63) is 64.7 Å². The fraction of sp³-hybridized carbons (Fsp3) is 0.235. The van der Waals surface area contributed by atoms with Crippen molar-refractivity contribution in [3.8, 4) is 5.75 Å². The Hall–Kier alpha value is -1.38. The molecule has 1 N–H and O–H groups in total. The topological polar surface area (TPSA) is 20.2 Å². The fourth-order valence-electron chi connectivity index (χ4n) is 2.37. The zero-order valence-corrected chi connectivity index (χ0v) is 12.4. The standard InChI is InChI=1S/C17H18O.Co/c1-12-10-13(2)16(18)15(11-12)17(3,4)14-8-6-5-7-9-14;/h2,5-11,18H,1,3-4H3;. The van der Waals surface area contributed by atoms with Crippen molar-refractivity contribution in [3.63, 3.8) is 0 Å². The molecule has 2 aromatic rings. The summed E-state index contributed by atoms with van der Waals surface area (Å²) in [6.45, 7) is 6.28. The summed E-state index contributed by atoms with van der Waals surface area (Å²) in [5, 5.41) is 10.4. The first-order valence-corrected chi connectivity index (χ1v) is 6.87. The number of phenolic OH excluding ortho intramolecular Hbond substituents is 1. The van der Waals surface area contributed by atoms with Crippen LogP contribution in [0.3, 0.4) is 0 Å². The van der Waals surface area contributed by atoms with Crippen molar-refractivity contribution in [2.24, 2.45) is 0 Å². The molecule has 0 aliphatic heterocycles. The Balaban J connectivity index is 2.64. The Labute approximate surface area is 122 Å². The number of hydrogen-bond acceptors (Lipinski definition) is 1. The molecule has 0 unspecified atom stereocenters. The molecule has 2 rings (SSSR count). The van der Waals surface area contributed by atoms with Gasteiger partial charge in [-0.2, -0.15) is 0 Å². The summed E-state index contributed by atoms with van der Waals surface area (Å²) in [6, 6.07) is 14.2. The first-order valence-electron chi connectivity index (χ1n) is 6.27. The normalized spacial score (nSPS) is 11.4. The van der Waals surface area contributed by atoms with Gasteiger partial charge in [0.1, 0.15) is 0 Å². The summed E-state index contributed by atoms with van der Waals surface area (Å²) in [7, 11) is 0. The molecular formula is C17H18CoO. The number of rotatable bonds is 3. The predicted molar refractivity (Wildman–Crippen MR) is 76.6 cm³/mol. The molecule has 0 spiro atoms. The predicted octanol–water partition coefficient (Wildman–Crippen LogP) is 3.72. The second-order valence-electron chi connectivity index (χ2n) is 5.34. The van der Waals surface area contributed by atoms with Gasteiger partial charge in [0.2, 0.25) is 0 Å². The van der Waals surface area contributed by atoms with Crippen LogP contribution >= 0.6 is 0 Å². The van der Waals surface area contributed by atoms with Gasteiger partial charge in [-0.25, -0.2) is 0 Å². The third-order valence-electron chi connectivity index (χ3n) is 3.56. The molecule has 2 aromatic carbocycles. The first kappa shape index (κ1) is 14.0. The molecule has 0 fully saturated rings. The van der Waals surface area contributed by atoms with E-state index in [9.17, 15) is 5.11 Å². The summed E-state index contributed by atoms with van der Waals surface area (Å²) in [4.78, 5) is 1.64. The number of aromatic hydroxyl groups is 1. The zero-order chi connectivity index (χ0) is 14.0. The van der Waals surface area contributed by atoms with Crippen LogP contribution in [0.5, 0.6) is 5.75 Å². The van der Waals surface area contributed by atoms with Crippen molar-refractivity contribution in [2.75, 3.05) is 0 Å². The molecule has 19 heavy (non-hydrogen) atoms. The molecule has 101 valence electrons. The van der Waals surface area contributed by atoms with Crippen LogP contribution in [0.25, 0.3) is 0 Å². The van der Waals surface area contributed by atoms with E-state index in [0.29, 0.717) is 5.75 Å². The molecule has 2 heteroatoms. The van der Waals surface area contributed by atoms with Crippen LogP contribution in [0.1, 0.15) is 36.1 Å². The quantitative estimate of drug-likeness (QED) is 0.915. The monoisotopic (exact) mass is 297 g/mol. The molecule has 0 radical (unpaired) electrons. The molecule has 0 saturated carbocycles. The van der Waals surface area contributed by atoms with Crippen LogP contribution in [0.15, 0.2) is 42.5 Å². The number of phenols is 1. The van der Waals surface area contributed by atoms with Crippen LogP contribution in [-0.2, 0) is 20.7 Å². The Morgan fingerprint density at radius 3 is 2.32 bits per heavy atom. The van der Waals surface area contributed by atoms with E-state index in [4.69, 9.17) is 0 Å². The fourth-order valence-corrected chi connectivity index (χ4v) is 2.60. The average Bonchev–Trinajstić information content (AvgIpc) is 2.41. The molecule has 0 heterocycles. The number of hydrogen-bond donors (Lipinski definition) is 1. The van der Waals surface area contributed by atoms with Gasteiger partial charge in [-0.15, -0.1) is 0 Å². The van der Waals surface area contributed by atoms with Crippen molar-refractivity contribution < 1.29 is 20.4 Å². The van der Waals surface area contributed by atoms with Crippen LogP contribution in [0.2, 0.25) is 0 Å². The van der Waals surface area contributed by atoms with Crippen molar-refractivity contribution in [1.82, 2.24) is 0 Å². The number of benzene rings is 2. The third kappa shape index (κ3) is 2.65. The van der Waals surface area contributed by atoms with Crippen LogP contribution in [0, 0.1) is 6.92 Å². The first-order chi connectivity index (χ1) is 8.96. The minimum absolute atomic E-state index is 0.248. The molecule has 0 aromatic heterocycles. The van der Waals surface area contributed by atoms with E-state index in [0.717, 1.165) is 16.7 Å². The molecule has 1 nitrogen and oxygen atoms in total. The average molecular weight is 297 g/mol. The van der Waals surface area contributed by atoms with E-state index in [2.05, 4.69) is 41.3 Å². The number of aryl methyl sites for hydroxylation is 1. The van der Waals surface area contributed by atoms with E-state index in [-0.39, 0.29) is 5.41 Å². The summed E-state index contributed by atoms with van der Waals surface area (Å²) < 4.78 is 0. The van der Waals surface area contributed by atoms with E-state index in [1.54, 1.807) is 4.96 Å². The van der Waals surface area contributed by atoms with Gasteiger partial charge in [-0.3, -0.25) is 0 Å². The molecule has 0 amide bonds. The summed E-state index contributed by atoms with van der Waals surface area (Å²) >= 11 is 4.22. The maximum absolute atomic E-state index is 10.4. The van der Waals surface area contributed by atoms with Gasteiger partial charge < -0.3 is 0 Å². The molecule has 0 bridgehead atoms. The van der Waals surface area contributed by atoms with Crippen molar-refractivity contribution in [1.29, 1.82) is 0 Å². The summed E-state index contributed by atoms with van der Waals surface area (Å²) in [5.74, 6) is 0.313. The molecule has 0 saturated heterocycles. The second-order valence-corrected chi connectivity index (χ2v) is 5.64. The molecule has 0 aliphatic carbocycles. The Morgan fingerprint density at radius 2 is 1.74 bits per heavy atom. The molecule has 0 atom stereocenters. The zero-order valence-electron chi connectivity index (χ0n) is 11.4. The molecule has 0 aliphatic rings. The van der Waals surface area contributed by atoms with Crippen LogP contribution in [-0.4, -0.2) is 10.1 Å². The van der Waals surface area contributed by atoms with Crippen molar-refractivity contribution in [2.45, 2.75) is 26.2 Å². The maximum atomic E-state index is 10.4. The van der Waals surface area contributed by atoms with Gasteiger partial charge in [0.05, 0.1) is 0 Å². The van der Waals surface area contributed by atoms with Crippen LogP contribution in [0.4, 0.5) is 0 Å². The Bertz CT molecular complexity index is 600. The van der Waals surface area contributed by atoms with Gasteiger partial charge in [-0.05, 0) is 0 Å². The van der Waals surface area contributed by atoms with E-state index in [1.807, 2.05) is 37.3 Å². The van der Waals surface area contributed by atoms with Gasteiger partial charge in [-0.1, -0.05) is 0 Å². The van der Waals surface area contributed by atoms with E-state index < -0.39 is 0 Å². The SMILES string of the molecule is Cc1cc([CH]=[Co])c(O)c(C(C)(C)c2ccccc2)c1. The summed E-state index contributed by atoms with van der Waals surface area (Å²) in [5.41, 5.74) is 3.75. The van der Waals surface area contributed by atoms with Crippen LogP contribution < -0.4 is 0 Å². The van der Waals surface area contributed by atoms with Crippen molar-refractivity contribution >= 4 is 4.96 Å². The second kappa shape index (κ2) is 5.31. The van der Waals surface area contributed by atoms with E-state index >= 15 is 0 Å². The van der Waals surface area contributed by atoms with Gasteiger partial charge in [0.25, 0.3) is 0 Å². The third-order valence-corrected chi connectivity index (χ3v) is 3.88.